The monoisotopic (exact) mass is 208 g/mol. The molecule has 1 atom stereocenters. The van der Waals surface area contributed by atoms with E-state index in [0.29, 0.717) is 18.2 Å². The number of anilines is 1. The van der Waals surface area contributed by atoms with Crippen LogP contribution in [0.5, 0.6) is 0 Å². The van der Waals surface area contributed by atoms with Gasteiger partial charge in [-0.05, 0) is 37.8 Å². The Morgan fingerprint density at radius 1 is 1.47 bits per heavy atom. The summed E-state index contributed by atoms with van der Waals surface area (Å²) in [7, 11) is 0. The van der Waals surface area contributed by atoms with Crippen LogP contribution < -0.4 is 11.1 Å². The van der Waals surface area contributed by atoms with E-state index in [1.54, 1.807) is 12.1 Å². The molecule has 1 saturated carbocycles. The van der Waals surface area contributed by atoms with Crippen molar-refractivity contribution in [2.45, 2.75) is 25.3 Å². The predicted octanol–water partition coefficient (Wildman–Crippen LogP) is 2.37. The summed E-state index contributed by atoms with van der Waals surface area (Å²) >= 11 is 0. The van der Waals surface area contributed by atoms with Gasteiger partial charge in [-0.3, -0.25) is 0 Å². The number of rotatable bonds is 4. The largest absolute Gasteiger partial charge is 0.376 e. The molecule has 1 aliphatic carbocycles. The maximum absolute atomic E-state index is 13.4. The van der Waals surface area contributed by atoms with Crippen LogP contribution in [0.25, 0.3) is 0 Å². The second-order valence-electron chi connectivity index (χ2n) is 4.50. The van der Waals surface area contributed by atoms with Gasteiger partial charge in [-0.15, -0.1) is 0 Å². The number of benzene rings is 1. The van der Waals surface area contributed by atoms with Gasteiger partial charge in [-0.1, -0.05) is 12.1 Å². The van der Waals surface area contributed by atoms with Crippen LogP contribution in [0.2, 0.25) is 0 Å². The van der Waals surface area contributed by atoms with Crippen LogP contribution in [-0.4, -0.2) is 12.1 Å². The third-order valence-electron chi connectivity index (χ3n) is 3.20. The number of halogens is 1. The van der Waals surface area contributed by atoms with Gasteiger partial charge in [-0.25, -0.2) is 4.39 Å². The van der Waals surface area contributed by atoms with Crippen LogP contribution in [0, 0.1) is 11.7 Å². The Kier molecular flexibility index (Phi) is 2.65. The summed E-state index contributed by atoms with van der Waals surface area (Å²) in [5, 5.41) is 3.24. The second kappa shape index (κ2) is 3.81. The summed E-state index contributed by atoms with van der Waals surface area (Å²) in [6, 6.07) is 6.74. The fraction of sp³-hybridized carbons (Fsp3) is 0.500. The molecule has 1 aliphatic rings. The average molecular weight is 208 g/mol. The topological polar surface area (TPSA) is 38.0 Å². The molecule has 1 aromatic rings. The van der Waals surface area contributed by atoms with Crippen molar-refractivity contribution in [2.24, 2.45) is 11.7 Å². The Hall–Kier alpha value is -1.09. The lowest BCUT2D eigenvalue weighted by molar-refractivity contribution is 0.455. The molecule has 2 nitrogen and oxygen atoms in total. The summed E-state index contributed by atoms with van der Waals surface area (Å²) in [5.41, 5.74) is 6.15. The molecule has 15 heavy (non-hydrogen) atoms. The fourth-order valence-electron chi connectivity index (χ4n) is 1.91. The predicted molar refractivity (Wildman–Crippen MR) is 60.2 cm³/mol. The van der Waals surface area contributed by atoms with Gasteiger partial charge < -0.3 is 11.1 Å². The van der Waals surface area contributed by atoms with E-state index in [1.807, 2.05) is 6.07 Å². The van der Waals surface area contributed by atoms with Crippen molar-refractivity contribution in [2.75, 3.05) is 11.9 Å². The number of nitrogens with one attached hydrogen (secondary N) is 1. The Bertz CT molecular complexity index is 349. The molecule has 0 radical (unpaired) electrons. The van der Waals surface area contributed by atoms with Crippen molar-refractivity contribution in [3.8, 4) is 0 Å². The Labute approximate surface area is 89.7 Å². The molecule has 2 rings (SSSR count). The third kappa shape index (κ3) is 2.12. The molecular weight excluding hydrogens is 191 g/mol. The number of para-hydroxylation sites is 1. The van der Waals surface area contributed by atoms with Gasteiger partial charge in [0.25, 0.3) is 0 Å². The van der Waals surface area contributed by atoms with Crippen molar-refractivity contribution >= 4 is 5.69 Å². The highest BCUT2D eigenvalue weighted by atomic mass is 19.1. The zero-order valence-electron chi connectivity index (χ0n) is 8.96. The molecule has 0 amide bonds. The van der Waals surface area contributed by atoms with E-state index in [0.717, 1.165) is 0 Å². The van der Waals surface area contributed by atoms with E-state index in [4.69, 9.17) is 5.73 Å². The smallest absolute Gasteiger partial charge is 0.146 e. The van der Waals surface area contributed by atoms with Crippen molar-refractivity contribution in [3.05, 3.63) is 30.1 Å². The minimum absolute atomic E-state index is 0.164. The first-order valence-electron chi connectivity index (χ1n) is 5.38. The molecule has 1 unspecified atom stereocenters. The van der Waals surface area contributed by atoms with Crippen LogP contribution in [0.3, 0.4) is 0 Å². The zero-order valence-corrected chi connectivity index (χ0v) is 8.96. The summed E-state index contributed by atoms with van der Waals surface area (Å²) in [4.78, 5) is 0. The van der Waals surface area contributed by atoms with E-state index in [1.165, 1.54) is 18.9 Å². The second-order valence-corrected chi connectivity index (χ2v) is 4.50. The van der Waals surface area contributed by atoms with Gasteiger partial charge in [0, 0.05) is 12.1 Å². The normalized spacial score (nSPS) is 19.7. The molecule has 0 spiro atoms. The van der Waals surface area contributed by atoms with Gasteiger partial charge in [0.05, 0.1) is 5.69 Å². The van der Waals surface area contributed by atoms with Crippen LogP contribution in [0.15, 0.2) is 24.3 Å². The van der Waals surface area contributed by atoms with Crippen molar-refractivity contribution in [3.63, 3.8) is 0 Å². The minimum Gasteiger partial charge on any atom is -0.376 e. The Balaban J connectivity index is 2.16. The summed E-state index contributed by atoms with van der Waals surface area (Å²) in [5.74, 6) is 0.375. The molecular formula is C12H17FN2. The van der Waals surface area contributed by atoms with E-state index in [2.05, 4.69) is 12.2 Å². The van der Waals surface area contributed by atoms with E-state index >= 15 is 0 Å². The van der Waals surface area contributed by atoms with Crippen molar-refractivity contribution in [1.82, 2.24) is 0 Å². The molecule has 0 saturated heterocycles. The molecule has 3 heteroatoms. The quantitative estimate of drug-likeness (QED) is 0.797. The van der Waals surface area contributed by atoms with E-state index in [-0.39, 0.29) is 11.4 Å². The highest BCUT2D eigenvalue weighted by molar-refractivity contribution is 5.47. The average Bonchev–Trinajstić information content (AvgIpc) is 3.05. The first-order chi connectivity index (χ1) is 7.15. The molecule has 0 heterocycles. The van der Waals surface area contributed by atoms with Crippen LogP contribution in [-0.2, 0) is 0 Å². The first kappa shape index (κ1) is 10.4. The fourth-order valence-corrected chi connectivity index (χ4v) is 1.91. The summed E-state index contributed by atoms with van der Waals surface area (Å²) in [6.07, 6.45) is 2.38. The molecule has 0 bridgehead atoms. The zero-order chi connectivity index (χ0) is 10.9. The Morgan fingerprint density at radius 2 is 2.13 bits per heavy atom. The van der Waals surface area contributed by atoms with Crippen molar-refractivity contribution in [1.29, 1.82) is 0 Å². The number of hydrogen-bond donors (Lipinski definition) is 2. The highest BCUT2D eigenvalue weighted by Gasteiger charge is 2.40. The lowest BCUT2D eigenvalue weighted by Crippen LogP contribution is -2.44. The van der Waals surface area contributed by atoms with E-state index in [9.17, 15) is 4.39 Å². The molecule has 1 aromatic carbocycles. The number of hydrogen-bond acceptors (Lipinski definition) is 2. The third-order valence-corrected chi connectivity index (χ3v) is 3.20. The van der Waals surface area contributed by atoms with Gasteiger partial charge in [0.15, 0.2) is 0 Å². The summed E-state index contributed by atoms with van der Waals surface area (Å²) < 4.78 is 13.4. The van der Waals surface area contributed by atoms with Crippen LogP contribution in [0.1, 0.15) is 19.8 Å². The molecule has 0 aliphatic heterocycles. The van der Waals surface area contributed by atoms with Gasteiger partial charge in [0.2, 0.25) is 0 Å². The molecule has 1 fully saturated rings. The lowest BCUT2D eigenvalue weighted by atomic mass is 9.95. The van der Waals surface area contributed by atoms with Gasteiger partial charge >= 0.3 is 0 Å². The van der Waals surface area contributed by atoms with Crippen molar-refractivity contribution < 1.29 is 4.39 Å². The molecule has 3 N–H and O–H groups in total. The highest BCUT2D eigenvalue weighted by Crippen LogP contribution is 2.41. The van der Waals surface area contributed by atoms with Crippen LogP contribution >= 0.6 is 0 Å². The maximum Gasteiger partial charge on any atom is 0.146 e. The standard InChI is InChI=1S/C12H17FN2/c1-12(8-14,9-6-7-9)15-11-5-3-2-4-10(11)13/h2-5,9,15H,6-8,14H2,1H3. The maximum atomic E-state index is 13.4. The Morgan fingerprint density at radius 3 is 2.67 bits per heavy atom. The van der Waals surface area contributed by atoms with E-state index < -0.39 is 0 Å². The molecule has 0 aromatic heterocycles. The summed E-state index contributed by atoms with van der Waals surface area (Å²) in [6.45, 7) is 2.60. The first-order valence-corrected chi connectivity index (χ1v) is 5.38. The van der Waals surface area contributed by atoms with Gasteiger partial charge in [0.1, 0.15) is 5.82 Å². The lowest BCUT2D eigenvalue weighted by Gasteiger charge is -2.30. The van der Waals surface area contributed by atoms with Crippen LogP contribution in [0.4, 0.5) is 10.1 Å². The van der Waals surface area contributed by atoms with Gasteiger partial charge in [-0.2, -0.15) is 0 Å². The molecule has 82 valence electrons. The minimum atomic E-state index is -0.210. The number of nitrogens with two attached hydrogens (primary N) is 1. The SMILES string of the molecule is CC(CN)(Nc1ccccc1F)C1CC1.